The van der Waals surface area contributed by atoms with Gasteiger partial charge in [0.25, 0.3) is 0 Å². The van der Waals surface area contributed by atoms with E-state index in [1.54, 1.807) is 46.5 Å². The lowest BCUT2D eigenvalue weighted by Crippen LogP contribution is -2.36. The zero-order valence-electron chi connectivity index (χ0n) is 23.9. The fourth-order valence-electron chi connectivity index (χ4n) is 6.16. The molecular formula is C32H35N5O3S. The second-order valence-corrected chi connectivity index (χ2v) is 13.5. The minimum atomic E-state index is -3.65. The van der Waals surface area contributed by atoms with E-state index in [0.717, 1.165) is 34.1 Å². The van der Waals surface area contributed by atoms with Gasteiger partial charge in [-0.2, -0.15) is 9.40 Å². The fraction of sp³-hybridized carbons (Fsp3) is 0.312. The summed E-state index contributed by atoms with van der Waals surface area (Å²) in [4.78, 5) is 12.3. The molecule has 9 heteroatoms. The standard InChI is InChI=1S/C32H35N5O3S/c1-23(2)35-14-12-28(21-35)41(39,40)36-15-13-32(22-36,18-25-8-6-5-7-9-25)29-17-26-19-33-37(30(26)16-24(29)3)27-10-11-31(38)34(4)20-27/h5-12,14,16-17,19-21,23H,13,15,18,22H2,1-4H3. The van der Waals surface area contributed by atoms with Crippen LogP contribution in [0.15, 0.2) is 95.1 Å². The van der Waals surface area contributed by atoms with Crippen LogP contribution in [0, 0.1) is 6.92 Å². The van der Waals surface area contributed by atoms with Crippen molar-refractivity contribution in [3.8, 4) is 5.69 Å². The van der Waals surface area contributed by atoms with Crippen molar-refractivity contribution in [3.05, 3.63) is 112 Å². The van der Waals surface area contributed by atoms with Gasteiger partial charge in [-0.15, -0.1) is 0 Å². The van der Waals surface area contributed by atoms with Crippen molar-refractivity contribution >= 4 is 20.9 Å². The first kappa shape index (κ1) is 27.2. The van der Waals surface area contributed by atoms with Gasteiger partial charge in [0.1, 0.15) is 0 Å². The first-order chi connectivity index (χ1) is 19.6. The van der Waals surface area contributed by atoms with Crippen molar-refractivity contribution in [2.75, 3.05) is 13.1 Å². The Morgan fingerprint density at radius 1 is 1.02 bits per heavy atom. The van der Waals surface area contributed by atoms with Crippen LogP contribution in [0.3, 0.4) is 0 Å². The van der Waals surface area contributed by atoms with Crippen LogP contribution in [0.4, 0.5) is 0 Å². The highest BCUT2D eigenvalue weighted by Gasteiger charge is 2.45. The molecule has 212 valence electrons. The summed E-state index contributed by atoms with van der Waals surface area (Å²) in [5, 5.41) is 5.63. The average Bonchev–Trinajstić information content (AvgIpc) is 3.70. The molecule has 0 bridgehead atoms. The van der Waals surface area contributed by atoms with Crippen LogP contribution in [0.25, 0.3) is 16.6 Å². The smallest absolute Gasteiger partial charge is 0.250 e. The van der Waals surface area contributed by atoms with E-state index in [9.17, 15) is 13.2 Å². The zero-order valence-corrected chi connectivity index (χ0v) is 24.7. The number of pyridine rings is 1. The van der Waals surface area contributed by atoms with E-state index < -0.39 is 15.4 Å². The van der Waals surface area contributed by atoms with Gasteiger partial charge < -0.3 is 9.13 Å². The molecule has 1 atom stereocenters. The second kappa shape index (κ2) is 10.2. The Balaban J connectivity index is 1.43. The maximum Gasteiger partial charge on any atom is 0.250 e. The van der Waals surface area contributed by atoms with Gasteiger partial charge in [0.05, 0.1) is 22.3 Å². The number of nitrogens with zero attached hydrogens (tertiary/aromatic N) is 5. The molecule has 3 aromatic heterocycles. The van der Waals surface area contributed by atoms with Crippen molar-refractivity contribution in [2.45, 2.75) is 50.0 Å². The minimum absolute atomic E-state index is 0.0759. The van der Waals surface area contributed by atoms with Crippen LogP contribution < -0.4 is 5.56 Å². The number of hydrogen-bond donors (Lipinski definition) is 0. The SMILES string of the molecule is Cc1cc2c(cnn2-c2ccc(=O)n(C)c2)cc1C1(Cc2ccccc2)CCN(S(=O)(=O)c2ccn(C(C)C)c2)C1. The molecule has 0 saturated carbocycles. The first-order valence-corrected chi connectivity index (χ1v) is 15.4. The van der Waals surface area contributed by atoms with Crippen molar-refractivity contribution in [1.82, 2.24) is 23.2 Å². The van der Waals surface area contributed by atoms with Crippen LogP contribution in [0.1, 0.15) is 43.0 Å². The molecule has 4 heterocycles. The second-order valence-electron chi connectivity index (χ2n) is 11.5. The van der Waals surface area contributed by atoms with Crippen molar-refractivity contribution in [3.63, 3.8) is 0 Å². The summed E-state index contributed by atoms with van der Waals surface area (Å²) in [6.45, 7) is 7.03. The van der Waals surface area contributed by atoms with Crippen LogP contribution in [-0.4, -0.2) is 44.7 Å². The summed E-state index contributed by atoms with van der Waals surface area (Å²) in [6.07, 6.45) is 8.65. The molecule has 1 saturated heterocycles. The number of rotatable bonds is 7. The van der Waals surface area contributed by atoms with E-state index in [1.807, 2.05) is 53.7 Å². The van der Waals surface area contributed by atoms with E-state index in [-0.39, 0.29) is 11.6 Å². The van der Waals surface area contributed by atoms with Gasteiger partial charge in [-0.25, -0.2) is 13.1 Å². The van der Waals surface area contributed by atoms with Gasteiger partial charge in [0, 0.05) is 61.6 Å². The molecule has 0 N–H and O–H groups in total. The summed E-state index contributed by atoms with van der Waals surface area (Å²) < 4.78 is 34.6. The van der Waals surface area contributed by atoms with Gasteiger partial charge in [0.15, 0.2) is 0 Å². The zero-order chi connectivity index (χ0) is 28.9. The van der Waals surface area contributed by atoms with Gasteiger partial charge in [0.2, 0.25) is 15.6 Å². The third-order valence-electron chi connectivity index (χ3n) is 8.43. The van der Waals surface area contributed by atoms with E-state index in [1.165, 1.54) is 5.56 Å². The van der Waals surface area contributed by atoms with Gasteiger partial charge in [-0.3, -0.25) is 4.79 Å². The summed E-state index contributed by atoms with van der Waals surface area (Å²) in [5.41, 5.74) is 4.69. The summed E-state index contributed by atoms with van der Waals surface area (Å²) in [5.74, 6) is 0. The Bertz CT molecular complexity index is 1900. The van der Waals surface area contributed by atoms with Gasteiger partial charge in [-0.05, 0) is 74.6 Å². The lowest BCUT2D eigenvalue weighted by molar-refractivity contribution is 0.413. The Kier molecular flexibility index (Phi) is 6.74. The highest BCUT2D eigenvalue weighted by molar-refractivity contribution is 7.89. The lowest BCUT2D eigenvalue weighted by Gasteiger charge is -2.32. The molecule has 2 aromatic carbocycles. The Morgan fingerprint density at radius 2 is 1.80 bits per heavy atom. The van der Waals surface area contributed by atoms with E-state index >= 15 is 0 Å². The highest BCUT2D eigenvalue weighted by atomic mass is 32.2. The van der Waals surface area contributed by atoms with Crippen LogP contribution in [-0.2, 0) is 28.9 Å². The van der Waals surface area contributed by atoms with Crippen molar-refractivity contribution in [2.24, 2.45) is 7.05 Å². The topological polar surface area (TPSA) is 82.1 Å². The molecule has 41 heavy (non-hydrogen) atoms. The molecule has 5 aromatic rings. The number of aryl methyl sites for hydroxylation is 2. The molecule has 1 fully saturated rings. The third-order valence-corrected chi connectivity index (χ3v) is 10.3. The predicted molar refractivity (Wildman–Crippen MR) is 161 cm³/mol. The van der Waals surface area contributed by atoms with Gasteiger partial charge in [-0.1, -0.05) is 30.3 Å². The van der Waals surface area contributed by atoms with E-state index in [4.69, 9.17) is 0 Å². The Hall–Kier alpha value is -3.95. The van der Waals surface area contributed by atoms with Crippen molar-refractivity contribution < 1.29 is 8.42 Å². The molecule has 1 aliphatic rings. The highest BCUT2D eigenvalue weighted by Crippen LogP contribution is 2.42. The Labute approximate surface area is 240 Å². The van der Waals surface area contributed by atoms with Crippen LogP contribution in [0.2, 0.25) is 0 Å². The molecule has 1 aliphatic heterocycles. The molecule has 0 amide bonds. The Morgan fingerprint density at radius 3 is 2.51 bits per heavy atom. The summed E-state index contributed by atoms with van der Waals surface area (Å²) in [6, 6.07) is 19.8. The lowest BCUT2D eigenvalue weighted by atomic mass is 9.73. The van der Waals surface area contributed by atoms with Gasteiger partial charge >= 0.3 is 0 Å². The number of hydrogen-bond acceptors (Lipinski definition) is 4. The maximum absolute atomic E-state index is 13.8. The quantitative estimate of drug-likeness (QED) is 0.277. The molecule has 6 rings (SSSR count). The molecule has 8 nitrogen and oxygen atoms in total. The predicted octanol–water partition coefficient (Wildman–Crippen LogP) is 4.99. The molecule has 0 aliphatic carbocycles. The number of fused-ring (bicyclic) bond motifs is 1. The monoisotopic (exact) mass is 569 g/mol. The number of aromatic nitrogens is 4. The van der Waals surface area contributed by atoms with Crippen LogP contribution in [0.5, 0.6) is 0 Å². The molecule has 1 unspecified atom stereocenters. The normalized spacial score (nSPS) is 18.1. The first-order valence-electron chi connectivity index (χ1n) is 13.9. The third kappa shape index (κ3) is 4.83. The van der Waals surface area contributed by atoms with E-state index in [0.29, 0.717) is 24.4 Å². The molecule has 0 radical (unpaired) electrons. The summed E-state index contributed by atoms with van der Waals surface area (Å²) >= 11 is 0. The summed E-state index contributed by atoms with van der Waals surface area (Å²) in [7, 11) is -1.92. The van der Waals surface area contributed by atoms with Crippen LogP contribution >= 0.6 is 0 Å². The molecule has 0 spiro atoms. The number of benzene rings is 2. The van der Waals surface area contributed by atoms with E-state index in [2.05, 4.69) is 36.3 Å². The maximum atomic E-state index is 13.8. The average molecular weight is 570 g/mol. The molecular weight excluding hydrogens is 534 g/mol. The van der Waals surface area contributed by atoms with Crippen molar-refractivity contribution in [1.29, 1.82) is 0 Å². The minimum Gasteiger partial charge on any atom is -0.350 e. The largest absolute Gasteiger partial charge is 0.350 e. The number of sulfonamides is 1. The fourth-order valence-corrected chi connectivity index (χ4v) is 7.70.